The average Bonchev–Trinajstić information content (AvgIpc) is 3.88. The molecule has 0 aliphatic carbocycles. The molecule has 0 radical (unpaired) electrons. The standard InChI is InChI=1S/C43H71O2S2.3C4H9.Sn/c1-4-6-8-10-12-14-16-18-20-22-24-26-28-30-33-44-40-38-32-35-46-42(38)41(39-36-37(3)47-43(39)40)45-34-31-29-27-25-23-21-19-17-15-13-11-9-7-5-2;3*1-3-4-2;/h32,36H,4-31,33-34H2,1-3H3;3*1,3-4H2,2H3;. The van der Waals surface area contributed by atoms with Gasteiger partial charge in [0.05, 0.1) is 0 Å². The van der Waals surface area contributed by atoms with Crippen molar-refractivity contribution in [3.8, 4) is 11.5 Å². The Morgan fingerprint density at radius 2 is 0.667 bits per heavy atom. The van der Waals surface area contributed by atoms with Gasteiger partial charge in [0.2, 0.25) is 0 Å². The fraction of sp³-hybridized carbons (Fsp3) is 0.818. The summed E-state index contributed by atoms with van der Waals surface area (Å²) in [6, 6.07) is 5.12. The molecule has 0 amide bonds. The van der Waals surface area contributed by atoms with Crippen molar-refractivity contribution in [2.45, 2.75) is 273 Å². The molecule has 0 saturated carbocycles. The van der Waals surface area contributed by atoms with Gasteiger partial charge in [-0.25, -0.2) is 0 Å². The monoisotopic (exact) mass is 975 g/mol. The molecule has 0 bridgehead atoms. The summed E-state index contributed by atoms with van der Waals surface area (Å²) in [5.74, 6) is 2.36. The van der Waals surface area contributed by atoms with Crippen LogP contribution in [0.3, 0.4) is 0 Å². The number of aryl methyl sites for hydroxylation is 1. The number of ether oxygens (including phenoxy) is 2. The number of thiophene rings is 2. The van der Waals surface area contributed by atoms with Crippen LogP contribution >= 0.6 is 22.7 Å². The van der Waals surface area contributed by atoms with E-state index < -0.39 is 18.4 Å². The van der Waals surface area contributed by atoms with Crippen molar-refractivity contribution >= 4 is 64.1 Å². The van der Waals surface area contributed by atoms with E-state index in [4.69, 9.17) is 9.47 Å². The van der Waals surface area contributed by atoms with Crippen LogP contribution < -0.4 is 12.4 Å². The summed E-state index contributed by atoms with van der Waals surface area (Å²) in [6.07, 6.45) is 47.1. The van der Waals surface area contributed by atoms with Crippen molar-refractivity contribution < 1.29 is 9.47 Å². The van der Waals surface area contributed by atoms with Gasteiger partial charge in [-0.2, -0.15) is 0 Å². The Morgan fingerprint density at radius 3 is 1.02 bits per heavy atom. The topological polar surface area (TPSA) is 18.5 Å². The molecular weight excluding hydrogens is 875 g/mol. The molecule has 60 heavy (non-hydrogen) atoms. The fourth-order valence-electron chi connectivity index (χ4n) is 9.60. The van der Waals surface area contributed by atoms with Gasteiger partial charge >= 0.3 is 272 Å². The molecule has 2 aromatic heterocycles. The Labute approximate surface area is 385 Å². The molecule has 3 rings (SSSR count). The Bertz CT molecular complexity index is 1350. The van der Waals surface area contributed by atoms with Crippen LogP contribution in [0.5, 0.6) is 11.5 Å². The Balaban J connectivity index is 1.65. The van der Waals surface area contributed by atoms with Gasteiger partial charge in [-0.05, 0) is 0 Å². The van der Waals surface area contributed by atoms with Crippen molar-refractivity contribution in [3.63, 3.8) is 0 Å². The van der Waals surface area contributed by atoms with Gasteiger partial charge in [0.1, 0.15) is 0 Å². The molecule has 2 nitrogen and oxygen atoms in total. The van der Waals surface area contributed by atoms with E-state index in [0.717, 1.165) is 26.1 Å². The second-order valence-corrected chi connectivity index (χ2v) is 35.6. The van der Waals surface area contributed by atoms with Crippen LogP contribution in [0, 0.1) is 6.92 Å². The molecule has 346 valence electrons. The van der Waals surface area contributed by atoms with Gasteiger partial charge in [0.25, 0.3) is 0 Å². The number of rotatable bonds is 42. The summed E-state index contributed by atoms with van der Waals surface area (Å²) in [5.41, 5.74) is 0. The minimum absolute atomic E-state index is 0.833. The van der Waals surface area contributed by atoms with E-state index in [1.54, 1.807) is 0 Å². The predicted octanol–water partition coefficient (Wildman–Crippen LogP) is 20.2. The van der Waals surface area contributed by atoms with Crippen LogP contribution in [-0.2, 0) is 0 Å². The van der Waals surface area contributed by atoms with Crippen LogP contribution in [0.2, 0.25) is 13.3 Å². The first-order valence-corrected chi connectivity index (χ1v) is 35.9. The molecule has 1 aromatic carbocycles. The molecule has 0 aliphatic heterocycles. The molecule has 0 atom stereocenters. The summed E-state index contributed by atoms with van der Waals surface area (Å²) < 4.78 is 23.1. The van der Waals surface area contributed by atoms with Crippen molar-refractivity contribution in [1.82, 2.24) is 0 Å². The van der Waals surface area contributed by atoms with E-state index in [1.165, 1.54) is 255 Å². The number of fused-ring (bicyclic) bond motifs is 2. The zero-order valence-corrected chi connectivity index (χ0v) is 45.4. The number of unbranched alkanes of at least 4 members (excludes halogenated alkanes) is 29. The Morgan fingerprint density at radius 1 is 0.367 bits per heavy atom. The van der Waals surface area contributed by atoms with Gasteiger partial charge in [-0.3, -0.25) is 0 Å². The van der Waals surface area contributed by atoms with Gasteiger partial charge in [-0.15, -0.1) is 0 Å². The maximum absolute atomic E-state index is 6.99. The van der Waals surface area contributed by atoms with Crippen molar-refractivity contribution in [2.24, 2.45) is 0 Å². The van der Waals surface area contributed by atoms with Gasteiger partial charge < -0.3 is 0 Å². The molecule has 0 spiro atoms. The molecule has 0 N–H and O–H groups in total. The van der Waals surface area contributed by atoms with Crippen LogP contribution in [0.4, 0.5) is 0 Å². The molecule has 0 fully saturated rings. The zero-order valence-electron chi connectivity index (χ0n) is 40.9. The van der Waals surface area contributed by atoms with E-state index in [2.05, 4.69) is 65.0 Å². The fourth-order valence-corrected chi connectivity index (χ4v) is 30.9. The zero-order chi connectivity index (χ0) is 42.9. The van der Waals surface area contributed by atoms with Crippen LogP contribution in [-0.4, -0.2) is 31.6 Å². The maximum atomic E-state index is 6.99. The molecule has 2 heterocycles. The second-order valence-electron chi connectivity index (χ2n) is 19.1. The van der Waals surface area contributed by atoms with Crippen LogP contribution in [0.1, 0.15) is 258 Å². The minimum atomic E-state index is -2.65. The molecule has 3 aromatic rings. The van der Waals surface area contributed by atoms with E-state index in [1.807, 2.05) is 14.2 Å². The first-order valence-electron chi connectivity index (χ1n) is 26.8. The van der Waals surface area contributed by atoms with E-state index in [-0.39, 0.29) is 0 Å². The first-order chi connectivity index (χ1) is 29.5. The third-order valence-corrected chi connectivity index (χ3v) is 33.9. The Hall–Kier alpha value is -0.461. The quantitative estimate of drug-likeness (QED) is 0.0416. The van der Waals surface area contributed by atoms with Crippen molar-refractivity contribution in [3.05, 3.63) is 17.0 Å². The number of hydrogen-bond donors (Lipinski definition) is 0. The molecule has 0 unspecified atom stereocenters. The molecule has 0 aliphatic rings. The SMILES string of the molecule is CCCCCCCCCCCCCCCCOc1c2c[c]([Sn]([CH2]CCC)([CH2]CCC)[CH2]CCC)sc2c(OCCCCCCCCCCCCCCCC)c2cc(C)sc12. The summed E-state index contributed by atoms with van der Waals surface area (Å²) in [5, 5.41) is 2.70. The second kappa shape index (κ2) is 34.9. The predicted molar refractivity (Wildman–Crippen MR) is 278 cm³/mol. The normalized spacial score (nSPS) is 12.1. The molecule has 5 heteroatoms. The Kier molecular flexibility index (Phi) is 31.3. The summed E-state index contributed by atoms with van der Waals surface area (Å²) in [6.45, 7) is 15.8. The van der Waals surface area contributed by atoms with Gasteiger partial charge in [0, 0.05) is 0 Å². The molecule has 0 saturated heterocycles. The third-order valence-electron chi connectivity index (χ3n) is 13.5. The van der Waals surface area contributed by atoms with Gasteiger partial charge in [-0.1, -0.05) is 117 Å². The van der Waals surface area contributed by atoms with E-state index in [9.17, 15) is 0 Å². The van der Waals surface area contributed by atoms with Crippen LogP contribution in [0.25, 0.3) is 20.2 Å². The van der Waals surface area contributed by atoms with E-state index in [0.29, 0.717) is 0 Å². The van der Waals surface area contributed by atoms with Crippen molar-refractivity contribution in [2.75, 3.05) is 13.2 Å². The van der Waals surface area contributed by atoms with Crippen molar-refractivity contribution in [1.29, 1.82) is 0 Å². The molecular formula is C55H98O2S2Sn. The van der Waals surface area contributed by atoms with Crippen LogP contribution in [0.15, 0.2) is 12.1 Å². The first kappa shape index (κ1) is 53.9. The van der Waals surface area contributed by atoms with Gasteiger partial charge in [0.15, 0.2) is 0 Å². The summed E-state index contributed by atoms with van der Waals surface area (Å²) in [7, 11) is 0. The average molecular weight is 974 g/mol. The third kappa shape index (κ3) is 20.6. The van der Waals surface area contributed by atoms with E-state index >= 15 is 0 Å². The number of hydrogen-bond acceptors (Lipinski definition) is 4. The summed E-state index contributed by atoms with van der Waals surface area (Å²) in [4.78, 5) is 1.37. The number of benzene rings is 1. The summed E-state index contributed by atoms with van der Waals surface area (Å²) >= 11 is 1.44.